The third-order valence-corrected chi connectivity index (χ3v) is 4.83. The van der Waals surface area contributed by atoms with Gasteiger partial charge in [-0.15, -0.1) is 11.3 Å². The number of hydrogen-bond donors (Lipinski definition) is 2. The van der Waals surface area contributed by atoms with Crippen molar-refractivity contribution in [2.75, 3.05) is 0 Å². The van der Waals surface area contributed by atoms with E-state index in [-0.39, 0.29) is 11.8 Å². The highest BCUT2D eigenvalue weighted by Crippen LogP contribution is 2.27. The molecule has 0 aliphatic carbocycles. The third-order valence-electron chi connectivity index (χ3n) is 3.63. The van der Waals surface area contributed by atoms with Gasteiger partial charge in [0.25, 0.3) is 11.8 Å². The first-order valence-electron chi connectivity index (χ1n) is 7.75. The fourth-order valence-electron chi connectivity index (χ4n) is 2.26. The van der Waals surface area contributed by atoms with Gasteiger partial charge in [-0.2, -0.15) is 0 Å². The second-order valence-electron chi connectivity index (χ2n) is 5.57. The third kappa shape index (κ3) is 3.92. The van der Waals surface area contributed by atoms with Crippen molar-refractivity contribution in [2.24, 2.45) is 0 Å². The number of aryl methyl sites for hydroxylation is 2. The minimum Gasteiger partial charge on any atom is -0.267 e. The molecule has 0 spiro atoms. The van der Waals surface area contributed by atoms with Crippen molar-refractivity contribution in [3.8, 4) is 10.6 Å². The molecule has 1 heterocycles. The number of thiazole rings is 1. The molecule has 6 heteroatoms. The molecular weight excluding hydrogens is 334 g/mol. The van der Waals surface area contributed by atoms with Gasteiger partial charge in [0, 0.05) is 11.1 Å². The quantitative estimate of drug-likeness (QED) is 0.710. The van der Waals surface area contributed by atoms with Gasteiger partial charge in [-0.05, 0) is 26.0 Å². The topological polar surface area (TPSA) is 71.1 Å². The first-order chi connectivity index (χ1) is 12.0. The molecule has 1 aromatic heterocycles. The second kappa shape index (κ2) is 7.27. The van der Waals surface area contributed by atoms with Crippen LogP contribution in [0.15, 0.2) is 54.6 Å². The largest absolute Gasteiger partial charge is 0.281 e. The zero-order chi connectivity index (χ0) is 17.8. The highest BCUT2D eigenvalue weighted by atomic mass is 32.1. The van der Waals surface area contributed by atoms with E-state index >= 15 is 0 Å². The molecule has 2 aromatic carbocycles. The number of amides is 2. The van der Waals surface area contributed by atoms with Crippen molar-refractivity contribution in [1.82, 2.24) is 15.8 Å². The molecule has 2 amide bonds. The molecule has 0 aliphatic heterocycles. The molecule has 0 saturated heterocycles. The molecule has 25 heavy (non-hydrogen) atoms. The van der Waals surface area contributed by atoms with Crippen molar-refractivity contribution in [3.63, 3.8) is 0 Å². The lowest BCUT2D eigenvalue weighted by Gasteiger charge is -2.06. The van der Waals surface area contributed by atoms with Crippen molar-refractivity contribution in [3.05, 3.63) is 76.3 Å². The lowest BCUT2D eigenvalue weighted by molar-refractivity contribution is 0.0848. The number of rotatable bonds is 3. The molecule has 3 aromatic rings. The van der Waals surface area contributed by atoms with Crippen molar-refractivity contribution < 1.29 is 9.59 Å². The van der Waals surface area contributed by atoms with Crippen LogP contribution in [-0.2, 0) is 0 Å². The normalized spacial score (nSPS) is 10.3. The number of carbonyl (C=O) groups is 2. The summed E-state index contributed by atoms with van der Waals surface area (Å²) in [6, 6.07) is 16.8. The zero-order valence-corrected chi connectivity index (χ0v) is 14.7. The number of hydrogen-bond acceptors (Lipinski definition) is 4. The summed E-state index contributed by atoms with van der Waals surface area (Å²) in [5, 5.41) is 0.771. The van der Waals surface area contributed by atoms with Gasteiger partial charge in [0.2, 0.25) is 0 Å². The summed E-state index contributed by atoms with van der Waals surface area (Å²) >= 11 is 1.30. The predicted octanol–water partition coefficient (Wildman–Crippen LogP) is 3.50. The zero-order valence-electron chi connectivity index (χ0n) is 13.9. The standard InChI is InChI=1S/C19H17N3O2S/c1-12-8-10-14(11-9-12)17(23)21-22-18(24)16-13(2)20-19(25-16)15-6-4-3-5-7-15/h3-11H,1-2H3,(H,21,23)(H,22,24). The van der Waals surface area contributed by atoms with Gasteiger partial charge in [0.05, 0.1) is 5.69 Å². The number of nitrogens with one attached hydrogen (secondary N) is 2. The summed E-state index contributed by atoms with van der Waals surface area (Å²) in [6.07, 6.45) is 0. The summed E-state index contributed by atoms with van der Waals surface area (Å²) in [6.45, 7) is 3.72. The van der Waals surface area contributed by atoms with E-state index in [1.54, 1.807) is 19.1 Å². The number of benzene rings is 2. The van der Waals surface area contributed by atoms with Crippen LogP contribution in [0.3, 0.4) is 0 Å². The molecule has 0 saturated carbocycles. The monoisotopic (exact) mass is 351 g/mol. The lowest BCUT2D eigenvalue weighted by Crippen LogP contribution is -2.41. The van der Waals surface area contributed by atoms with E-state index in [4.69, 9.17) is 0 Å². The van der Waals surface area contributed by atoms with Gasteiger partial charge in [0.15, 0.2) is 0 Å². The van der Waals surface area contributed by atoms with Gasteiger partial charge in [-0.3, -0.25) is 20.4 Å². The fraction of sp³-hybridized carbons (Fsp3) is 0.105. The first-order valence-corrected chi connectivity index (χ1v) is 8.56. The summed E-state index contributed by atoms with van der Waals surface area (Å²) in [5.74, 6) is -0.739. The Morgan fingerprint density at radius 2 is 1.52 bits per heavy atom. The summed E-state index contributed by atoms with van der Waals surface area (Å²) < 4.78 is 0. The van der Waals surface area contributed by atoms with Crippen LogP contribution in [0.2, 0.25) is 0 Å². The van der Waals surface area contributed by atoms with Gasteiger partial charge < -0.3 is 0 Å². The Bertz CT molecular complexity index is 902. The minimum atomic E-state index is -0.377. The highest BCUT2D eigenvalue weighted by Gasteiger charge is 2.17. The van der Waals surface area contributed by atoms with E-state index < -0.39 is 0 Å². The maximum Gasteiger partial charge on any atom is 0.281 e. The van der Waals surface area contributed by atoms with Crippen LogP contribution < -0.4 is 10.9 Å². The Hall–Kier alpha value is -2.99. The van der Waals surface area contributed by atoms with Gasteiger partial charge >= 0.3 is 0 Å². The molecule has 5 nitrogen and oxygen atoms in total. The summed E-state index contributed by atoms with van der Waals surface area (Å²) in [5.41, 5.74) is 8.02. The molecule has 0 radical (unpaired) electrons. The average molecular weight is 351 g/mol. The Kier molecular flexibility index (Phi) is 4.90. The molecule has 2 N–H and O–H groups in total. The Balaban J connectivity index is 1.68. The minimum absolute atomic E-state index is 0.362. The van der Waals surface area contributed by atoms with Crippen molar-refractivity contribution in [1.29, 1.82) is 0 Å². The molecule has 0 bridgehead atoms. The van der Waals surface area contributed by atoms with Crippen LogP contribution in [0.5, 0.6) is 0 Å². The number of nitrogens with zero attached hydrogens (tertiary/aromatic N) is 1. The van der Waals surface area contributed by atoms with E-state index in [0.29, 0.717) is 16.1 Å². The first kappa shape index (κ1) is 16.9. The SMILES string of the molecule is Cc1ccc(C(=O)NNC(=O)c2sc(-c3ccccc3)nc2C)cc1. The van der Waals surface area contributed by atoms with Crippen LogP contribution >= 0.6 is 11.3 Å². The molecule has 126 valence electrons. The van der Waals surface area contributed by atoms with E-state index in [9.17, 15) is 9.59 Å². The van der Waals surface area contributed by atoms with E-state index in [0.717, 1.165) is 16.1 Å². The average Bonchev–Trinajstić information content (AvgIpc) is 3.02. The molecule has 0 fully saturated rings. The molecule has 0 aliphatic rings. The number of hydrazine groups is 1. The lowest BCUT2D eigenvalue weighted by atomic mass is 10.1. The molecule has 0 atom stereocenters. The maximum absolute atomic E-state index is 12.3. The van der Waals surface area contributed by atoms with Gasteiger partial charge in [0.1, 0.15) is 9.88 Å². The number of carbonyl (C=O) groups excluding carboxylic acids is 2. The van der Waals surface area contributed by atoms with Crippen LogP contribution in [0.4, 0.5) is 0 Å². The van der Waals surface area contributed by atoms with Gasteiger partial charge in [-0.25, -0.2) is 4.98 Å². The highest BCUT2D eigenvalue weighted by molar-refractivity contribution is 7.17. The van der Waals surface area contributed by atoms with Crippen LogP contribution in [0.25, 0.3) is 10.6 Å². The Labute approximate surface area is 149 Å². The van der Waals surface area contributed by atoms with E-state index in [1.165, 1.54) is 11.3 Å². The van der Waals surface area contributed by atoms with Crippen LogP contribution in [-0.4, -0.2) is 16.8 Å². The Morgan fingerprint density at radius 3 is 2.20 bits per heavy atom. The maximum atomic E-state index is 12.3. The predicted molar refractivity (Wildman–Crippen MR) is 98.4 cm³/mol. The Morgan fingerprint density at radius 1 is 0.880 bits per heavy atom. The molecular formula is C19H17N3O2S. The van der Waals surface area contributed by atoms with Crippen molar-refractivity contribution in [2.45, 2.75) is 13.8 Å². The van der Waals surface area contributed by atoms with Crippen molar-refractivity contribution >= 4 is 23.2 Å². The second-order valence-corrected chi connectivity index (χ2v) is 6.57. The smallest absolute Gasteiger partial charge is 0.267 e. The molecule has 0 unspecified atom stereocenters. The van der Waals surface area contributed by atoms with Crippen LogP contribution in [0, 0.1) is 13.8 Å². The number of aromatic nitrogens is 1. The van der Waals surface area contributed by atoms with E-state index in [2.05, 4.69) is 15.8 Å². The molecule has 3 rings (SSSR count). The van der Waals surface area contributed by atoms with Gasteiger partial charge in [-0.1, -0.05) is 48.0 Å². The van der Waals surface area contributed by atoms with E-state index in [1.807, 2.05) is 49.4 Å². The summed E-state index contributed by atoms with van der Waals surface area (Å²) in [7, 11) is 0. The fourth-order valence-corrected chi connectivity index (χ4v) is 3.23. The summed E-state index contributed by atoms with van der Waals surface area (Å²) in [4.78, 5) is 29.3. The van der Waals surface area contributed by atoms with Crippen LogP contribution in [0.1, 0.15) is 31.3 Å².